The number of carbonyl (C=O) groups excluding carboxylic acids is 1. The monoisotopic (exact) mass is 311 g/mol. The van der Waals surface area contributed by atoms with Gasteiger partial charge in [-0.2, -0.15) is 0 Å². The molecule has 2 N–H and O–H groups in total. The molecule has 0 spiro atoms. The van der Waals surface area contributed by atoms with Gasteiger partial charge in [0.15, 0.2) is 0 Å². The fourth-order valence-corrected chi connectivity index (χ4v) is 2.82. The zero-order chi connectivity index (χ0) is 16.1. The highest BCUT2D eigenvalue weighted by atomic mass is 16.3. The second-order valence-corrected chi connectivity index (χ2v) is 5.71. The first-order valence-corrected chi connectivity index (χ1v) is 7.95. The number of pyridine rings is 1. The van der Waals surface area contributed by atoms with Crippen LogP contribution in [0.15, 0.2) is 42.6 Å². The number of aliphatic hydroxyl groups is 1. The summed E-state index contributed by atoms with van der Waals surface area (Å²) >= 11 is 0. The van der Waals surface area contributed by atoms with Crippen molar-refractivity contribution in [2.75, 3.05) is 18.0 Å². The van der Waals surface area contributed by atoms with Gasteiger partial charge in [-0.25, -0.2) is 4.98 Å². The highest BCUT2D eigenvalue weighted by molar-refractivity contribution is 5.94. The average molecular weight is 311 g/mol. The van der Waals surface area contributed by atoms with Gasteiger partial charge in [0, 0.05) is 25.8 Å². The van der Waals surface area contributed by atoms with E-state index in [4.69, 9.17) is 0 Å². The van der Waals surface area contributed by atoms with E-state index in [9.17, 15) is 9.90 Å². The molecule has 0 radical (unpaired) electrons. The molecule has 120 valence electrons. The molecule has 23 heavy (non-hydrogen) atoms. The maximum Gasteiger partial charge on any atom is 0.253 e. The molecular formula is C18H21N3O2. The van der Waals surface area contributed by atoms with Crippen LogP contribution >= 0.6 is 0 Å². The Morgan fingerprint density at radius 3 is 2.52 bits per heavy atom. The van der Waals surface area contributed by atoms with Crippen molar-refractivity contribution in [1.82, 2.24) is 10.3 Å². The second-order valence-electron chi connectivity index (χ2n) is 5.71. The molecule has 0 unspecified atom stereocenters. The summed E-state index contributed by atoms with van der Waals surface area (Å²) < 4.78 is 0. The molecule has 1 fully saturated rings. The van der Waals surface area contributed by atoms with E-state index in [1.807, 2.05) is 36.4 Å². The van der Waals surface area contributed by atoms with Crippen LogP contribution in [0.25, 0.3) is 0 Å². The SMILES string of the molecule is O=C(NCc1ccccc1CO)c1ccc(N2CCCC2)nc1. The van der Waals surface area contributed by atoms with Gasteiger partial charge in [0.05, 0.1) is 12.2 Å². The van der Waals surface area contributed by atoms with Gasteiger partial charge < -0.3 is 15.3 Å². The van der Waals surface area contributed by atoms with Crippen molar-refractivity contribution in [2.45, 2.75) is 26.0 Å². The van der Waals surface area contributed by atoms with Crippen molar-refractivity contribution in [3.63, 3.8) is 0 Å². The molecule has 1 aromatic heterocycles. The Morgan fingerprint density at radius 2 is 1.87 bits per heavy atom. The third-order valence-electron chi connectivity index (χ3n) is 4.17. The summed E-state index contributed by atoms with van der Waals surface area (Å²) in [6.07, 6.45) is 4.03. The molecule has 0 bridgehead atoms. The number of aromatic nitrogens is 1. The Morgan fingerprint density at radius 1 is 1.13 bits per heavy atom. The maximum atomic E-state index is 12.2. The topological polar surface area (TPSA) is 65.5 Å². The molecule has 1 aromatic carbocycles. The van der Waals surface area contributed by atoms with Gasteiger partial charge in [-0.15, -0.1) is 0 Å². The van der Waals surface area contributed by atoms with Crippen LogP contribution in [0, 0.1) is 0 Å². The third-order valence-corrected chi connectivity index (χ3v) is 4.17. The smallest absolute Gasteiger partial charge is 0.253 e. The minimum absolute atomic E-state index is 0.0296. The molecule has 0 saturated carbocycles. The van der Waals surface area contributed by atoms with Crippen molar-refractivity contribution >= 4 is 11.7 Å². The lowest BCUT2D eigenvalue weighted by atomic mass is 10.1. The fraction of sp³-hybridized carbons (Fsp3) is 0.333. The number of carbonyl (C=O) groups is 1. The minimum atomic E-state index is -0.154. The van der Waals surface area contributed by atoms with Crippen LogP contribution in [0.2, 0.25) is 0 Å². The largest absolute Gasteiger partial charge is 0.392 e. The number of hydrogen-bond donors (Lipinski definition) is 2. The highest BCUT2D eigenvalue weighted by Gasteiger charge is 2.14. The minimum Gasteiger partial charge on any atom is -0.392 e. The lowest BCUT2D eigenvalue weighted by Gasteiger charge is -2.16. The molecule has 2 heterocycles. The summed E-state index contributed by atoms with van der Waals surface area (Å²) in [7, 11) is 0. The first-order chi connectivity index (χ1) is 11.3. The van der Waals surface area contributed by atoms with Crippen molar-refractivity contribution < 1.29 is 9.90 Å². The Labute approximate surface area is 136 Å². The number of aliphatic hydroxyl groups excluding tert-OH is 1. The van der Waals surface area contributed by atoms with Crippen LogP contribution < -0.4 is 10.2 Å². The fourth-order valence-electron chi connectivity index (χ4n) is 2.82. The van der Waals surface area contributed by atoms with Gasteiger partial charge in [-0.1, -0.05) is 24.3 Å². The van der Waals surface area contributed by atoms with Gasteiger partial charge in [0.2, 0.25) is 0 Å². The number of amides is 1. The predicted molar refractivity (Wildman–Crippen MR) is 89.2 cm³/mol. The summed E-state index contributed by atoms with van der Waals surface area (Å²) in [4.78, 5) is 18.9. The molecule has 3 rings (SSSR count). The van der Waals surface area contributed by atoms with Crippen molar-refractivity contribution in [2.24, 2.45) is 0 Å². The molecule has 1 aliphatic rings. The highest BCUT2D eigenvalue weighted by Crippen LogP contribution is 2.17. The standard InChI is InChI=1S/C18H21N3O2/c22-13-16-6-2-1-5-14(16)11-20-18(23)15-7-8-17(19-12-15)21-9-3-4-10-21/h1-2,5-8,12,22H,3-4,9-11,13H2,(H,20,23). The van der Waals surface area contributed by atoms with Crippen LogP contribution in [0.4, 0.5) is 5.82 Å². The van der Waals surface area contributed by atoms with Crippen LogP contribution in [0.3, 0.4) is 0 Å². The third kappa shape index (κ3) is 3.68. The maximum absolute atomic E-state index is 12.2. The molecule has 0 aliphatic carbocycles. The van der Waals surface area contributed by atoms with E-state index in [0.29, 0.717) is 12.1 Å². The molecular weight excluding hydrogens is 290 g/mol. The predicted octanol–water partition coefficient (Wildman–Crippen LogP) is 2.10. The molecule has 0 atom stereocenters. The van der Waals surface area contributed by atoms with E-state index in [1.54, 1.807) is 6.20 Å². The molecule has 1 amide bonds. The molecule has 1 saturated heterocycles. The Kier molecular flexibility index (Phi) is 4.88. The van der Waals surface area contributed by atoms with E-state index < -0.39 is 0 Å². The summed E-state index contributed by atoms with van der Waals surface area (Å²) in [6.45, 7) is 2.44. The Hall–Kier alpha value is -2.40. The van der Waals surface area contributed by atoms with Crippen molar-refractivity contribution in [3.05, 3.63) is 59.3 Å². The summed E-state index contributed by atoms with van der Waals surface area (Å²) in [6, 6.07) is 11.2. The summed E-state index contributed by atoms with van der Waals surface area (Å²) in [5.41, 5.74) is 2.30. The first-order valence-electron chi connectivity index (χ1n) is 7.95. The van der Waals surface area contributed by atoms with Crippen LogP contribution in [0.1, 0.15) is 34.3 Å². The number of benzene rings is 1. The Bertz CT molecular complexity index is 664. The number of nitrogens with one attached hydrogen (secondary N) is 1. The number of nitrogens with zero attached hydrogens (tertiary/aromatic N) is 2. The van der Waals surface area contributed by atoms with Gasteiger partial charge in [0.25, 0.3) is 5.91 Å². The summed E-state index contributed by atoms with van der Waals surface area (Å²) in [5, 5.41) is 12.2. The zero-order valence-corrected chi connectivity index (χ0v) is 13.0. The Balaban J connectivity index is 1.61. The number of rotatable bonds is 5. The molecule has 1 aliphatic heterocycles. The lowest BCUT2D eigenvalue weighted by Crippen LogP contribution is -2.24. The quantitative estimate of drug-likeness (QED) is 0.887. The first kappa shape index (κ1) is 15.5. The lowest BCUT2D eigenvalue weighted by molar-refractivity contribution is 0.0950. The van der Waals surface area contributed by atoms with Crippen molar-refractivity contribution in [3.8, 4) is 0 Å². The molecule has 5 nitrogen and oxygen atoms in total. The second kappa shape index (κ2) is 7.24. The van der Waals surface area contributed by atoms with E-state index >= 15 is 0 Å². The number of hydrogen-bond acceptors (Lipinski definition) is 4. The number of anilines is 1. The summed E-state index contributed by atoms with van der Waals surface area (Å²) in [5.74, 6) is 0.780. The van der Waals surface area contributed by atoms with E-state index in [-0.39, 0.29) is 12.5 Å². The van der Waals surface area contributed by atoms with Gasteiger partial charge in [0.1, 0.15) is 5.82 Å². The van der Waals surface area contributed by atoms with E-state index in [2.05, 4.69) is 15.2 Å². The van der Waals surface area contributed by atoms with Gasteiger partial charge >= 0.3 is 0 Å². The van der Waals surface area contributed by atoms with Crippen molar-refractivity contribution in [1.29, 1.82) is 0 Å². The zero-order valence-electron chi connectivity index (χ0n) is 13.0. The van der Waals surface area contributed by atoms with E-state index in [1.165, 1.54) is 12.8 Å². The normalized spacial score (nSPS) is 14.0. The molecule has 2 aromatic rings. The van der Waals surface area contributed by atoms with Gasteiger partial charge in [-0.05, 0) is 36.1 Å². The van der Waals surface area contributed by atoms with Crippen LogP contribution in [-0.2, 0) is 13.2 Å². The van der Waals surface area contributed by atoms with Crippen LogP contribution in [0.5, 0.6) is 0 Å². The average Bonchev–Trinajstić information content (AvgIpc) is 3.14. The van der Waals surface area contributed by atoms with E-state index in [0.717, 1.165) is 30.0 Å². The van der Waals surface area contributed by atoms with Crippen LogP contribution in [-0.4, -0.2) is 29.1 Å². The van der Waals surface area contributed by atoms with Gasteiger partial charge in [-0.3, -0.25) is 4.79 Å². The molecule has 5 heteroatoms.